The number of nitrogens with one attached hydrogen (secondary N) is 2. The summed E-state index contributed by atoms with van der Waals surface area (Å²) in [6.45, 7) is 3.74. The molecule has 3 rings (SSSR count). The van der Waals surface area contributed by atoms with Crippen molar-refractivity contribution in [2.75, 3.05) is 12.4 Å². The highest BCUT2D eigenvalue weighted by Gasteiger charge is 2.25. The van der Waals surface area contributed by atoms with Gasteiger partial charge >= 0.3 is 0 Å². The van der Waals surface area contributed by atoms with Crippen molar-refractivity contribution in [3.63, 3.8) is 0 Å². The van der Waals surface area contributed by atoms with Crippen LogP contribution in [0, 0.1) is 5.92 Å². The van der Waals surface area contributed by atoms with Gasteiger partial charge in [-0.05, 0) is 62.6 Å². The smallest absolute Gasteiger partial charge is 0.253 e. The number of benzene rings is 2. The van der Waals surface area contributed by atoms with Crippen molar-refractivity contribution < 1.29 is 18.0 Å². The Labute approximate surface area is 200 Å². The van der Waals surface area contributed by atoms with E-state index in [1.807, 2.05) is 24.3 Å². The number of amides is 2. The molecule has 0 unspecified atom stereocenters. The van der Waals surface area contributed by atoms with Gasteiger partial charge < -0.3 is 10.6 Å². The third-order valence-corrected chi connectivity index (χ3v) is 8.32. The molecular weight excluding hydrogens is 462 g/mol. The number of carbonyl (C=O) groups is 2. The standard InChI is InChI=1S/C24H30ClN3O4S/c1-16(2)28(3)33(31,32)20-11-12-22(25)21(14-20)24(30)26-15-17-7-6-10-19(13-17)27-23(29)18-8-4-5-9-18/h6-7,10-14,16,18H,4-5,8-9,15H2,1-3H3,(H,26,30)(H,27,29). The summed E-state index contributed by atoms with van der Waals surface area (Å²) >= 11 is 6.19. The molecule has 33 heavy (non-hydrogen) atoms. The molecule has 2 N–H and O–H groups in total. The Hall–Kier alpha value is -2.42. The lowest BCUT2D eigenvalue weighted by atomic mass is 10.1. The zero-order valence-electron chi connectivity index (χ0n) is 19.1. The number of hydrogen-bond donors (Lipinski definition) is 2. The average Bonchev–Trinajstić information content (AvgIpc) is 3.32. The van der Waals surface area contributed by atoms with Crippen LogP contribution >= 0.6 is 11.6 Å². The molecule has 1 fully saturated rings. The van der Waals surface area contributed by atoms with E-state index in [0.717, 1.165) is 31.2 Å². The van der Waals surface area contributed by atoms with E-state index in [-0.39, 0.29) is 39.9 Å². The van der Waals surface area contributed by atoms with Gasteiger partial charge in [-0.1, -0.05) is 36.6 Å². The maximum atomic E-state index is 12.8. The maximum absolute atomic E-state index is 12.8. The van der Waals surface area contributed by atoms with Crippen LogP contribution in [0.2, 0.25) is 5.02 Å². The van der Waals surface area contributed by atoms with Gasteiger partial charge in [0.1, 0.15) is 0 Å². The van der Waals surface area contributed by atoms with Crippen molar-refractivity contribution in [1.82, 2.24) is 9.62 Å². The van der Waals surface area contributed by atoms with Gasteiger partial charge in [-0.2, -0.15) is 4.31 Å². The normalized spacial score (nSPS) is 14.6. The molecule has 2 aromatic rings. The highest BCUT2D eigenvalue weighted by Crippen LogP contribution is 2.26. The van der Waals surface area contributed by atoms with Gasteiger partial charge in [0.25, 0.3) is 5.91 Å². The molecule has 0 bridgehead atoms. The monoisotopic (exact) mass is 491 g/mol. The summed E-state index contributed by atoms with van der Waals surface area (Å²) in [6, 6.07) is 11.1. The lowest BCUT2D eigenvalue weighted by molar-refractivity contribution is -0.119. The SMILES string of the molecule is CC(C)N(C)S(=O)(=O)c1ccc(Cl)c(C(=O)NCc2cccc(NC(=O)C3CCCC3)c2)c1. The Morgan fingerprint density at radius 3 is 2.48 bits per heavy atom. The number of carbonyl (C=O) groups excluding carboxylic acids is 2. The zero-order valence-corrected chi connectivity index (χ0v) is 20.7. The summed E-state index contributed by atoms with van der Waals surface area (Å²) in [5.41, 5.74) is 1.56. The van der Waals surface area contributed by atoms with E-state index in [1.165, 1.54) is 29.6 Å². The van der Waals surface area contributed by atoms with Crippen molar-refractivity contribution in [1.29, 1.82) is 0 Å². The fourth-order valence-corrected chi connectivity index (χ4v) is 5.35. The van der Waals surface area contributed by atoms with Crippen molar-refractivity contribution in [3.8, 4) is 0 Å². The summed E-state index contributed by atoms with van der Waals surface area (Å²) in [5, 5.41) is 5.89. The molecule has 2 amide bonds. The van der Waals surface area contributed by atoms with E-state index < -0.39 is 15.9 Å². The van der Waals surface area contributed by atoms with E-state index in [0.29, 0.717) is 5.69 Å². The van der Waals surface area contributed by atoms with Crippen LogP contribution in [0.3, 0.4) is 0 Å². The second-order valence-corrected chi connectivity index (χ2v) is 11.0. The van der Waals surface area contributed by atoms with Gasteiger partial charge in [0, 0.05) is 31.2 Å². The van der Waals surface area contributed by atoms with E-state index in [9.17, 15) is 18.0 Å². The molecule has 1 saturated carbocycles. The Morgan fingerprint density at radius 1 is 1.12 bits per heavy atom. The molecule has 0 heterocycles. The first-order valence-electron chi connectivity index (χ1n) is 11.0. The van der Waals surface area contributed by atoms with E-state index in [4.69, 9.17) is 11.6 Å². The van der Waals surface area contributed by atoms with Crippen LogP contribution in [0.4, 0.5) is 5.69 Å². The van der Waals surface area contributed by atoms with Gasteiger partial charge in [-0.25, -0.2) is 8.42 Å². The molecule has 1 aliphatic rings. The predicted octanol–water partition coefficient (Wildman–Crippen LogP) is 4.43. The van der Waals surface area contributed by atoms with E-state index >= 15 is 0 Å². The highest BCUT2D eigenvalue weighted by atomic mass is 35.5. The highest BCUT2D eigenvalue weighted by molar-refractivity contribution is 7.89. The molecule has 7 nitrogen and oxygen atoms in total. The molecule has 178 valence electrons. The van der Waals surface area contributed by atoms with Crippen LogP contribution in [0.1, 0.15) is 55.5 Å². The number of anilines is 1. The van der Waals surface area contributed by atoms with Gasteiger partial charge in [0.2, 0.25) is 15.9 Å². The fraction of sp³-hybridized carbons (Fsp3) is 0.417. The molecule has 0 saturated heterocycles. The molecule has 0 radical (unpaired) electrons. The zero-order chi connectivity index (χ0) is 24.2. The number of sulfonamides is 1. The summed E-state index contributed by atoms with van der Waals surface area (Å²) < 4.78 is 26.8. The molecular formula is C24H30ClN3O4S. The Bertz CT molecular complexity index is 1130. The van der Waals surface area contributed by atoms with E-state index in [1.54, 1.807) is 13.8 Å². The number of nitrogens with zero attached hydrogens (tertiary/aromatic N) is 1. The lowest BCUT2D eigenvalue weighted by Crippen LogP contribution is -2.33. The molecule has 9 heteroatoms. The van der Waals surface area contributed by atoms with Gasteiger partial charge in [0.15, 0.2) is 0 Å². The molecule has 2 aromatic carbocycles. The second-order valence-electron chi connectivity index (χ2n) is 8.61. The number of hydrogen-bond acceptors (Lipinski definition) is 4. The molecule has 0 aliphatic heterocycles. The van der Waals surface area contributed by atoms with Crippen LogP contribution in [-0.2, 0) is 21.4 Å². The van der Waals surface area contributed by atoms with Crippen LogP contribution in [-0.4, -0.2) is 37.6 Å². The van der Waals surface area contributed by atoms with Crippen molar-refractivity contribution in [2.24, 2.45) is 5.92 Å². The Kier molecular flexibility index (Phi) is 8.15. The first-order valence-corrected chi connectivity index (χ1v) is 12.9. The Morgan fingerprint density at radius 2 is 1.82 bits per heavy atom. The number of rotatable bonds is 8. The summed E-state index contributed by atoms with van der Waals surface area (Å²) in [4.78, 5) is 25.2. The first kappa shape index (κ1) is 25.2. The molecule has 0 aromatic heterocycles. The maximum Gasteiger partial charge on any atom is 0.253 e. The number of halogens is 1. The van der Waals surface area contributed by atoms with Crippen LogP contribution in [0.15, 0.2) is 47.4 Å². The van der Waals surface area contributed by atoms with E-state index in [2.05, 4.69) is 10.6 Å². The third kappa shape index (κ3) is 6.13. The lowest BCUT2D eigenvalue weighted by Gasteiger charge is -2.21. The average molecular weight is 492 g/mol. The quantitative estimate of drug-likeness (QED) is 0.571. The molecule has 1 aliphatic carbocycles. The summed E-state index contributed by atoms with van der Waals surface area (Å²) in [5.74, 6) is -0.386. The fourth-order valence-electron chi connectivity index (χ4n) is 3.75. The van der Waals surface area contributed by atoms with Crippen LogP contribution in [0.5, 0.6) is 0 Å². The second kappa shape index (κ2) is 10.7. The first-order chi connectivity index (χ1) is 15.6. The van der Waals surface area contributed by atoms with Crippen molar-refractivity contribution >= 4 is 39.1 Å². The summed E-state index contributed by atoms with van der Waals surface area (Å²) in [6.07, 6.45) is 4.01. The third-order valence-electron chi connectivity index (χ3n) is 5.96. The molecule has 0 spiro atoms. The van der Waals surface area contributed by atoms with Gasteiger partial charge in [-0.3, -0.25) is 9.59 Å². The minimum atomic E-state index is -3.75. The van der Waals surface area contributed by atoms with Crippen LogP contribution in [0.25, 0.3) is 0 Å². The largest absolute Gasteiger partial charge is 0.348 e. The minimum Gasteiger partial charge on any atom is -0.348 e. The van der Waals surface area contributed by atoms with Gasteiger partial charge in [0.05, 0.1) is 15.5 Å². The van der Waals surface area contributed by atoms with Crippen molar-refractivity contribution in [3.05, 3.63) is 58.6 Å². The van der Waals surface area contributed by atoms with Gasteiger partial charge in [-0.15, -0.1) is 0 Å². The minimum absolute atomic E-state index is 0.00451. The Balaban J connectivity index is 1.69. The topological polar surface area (TPSA) is 95.6 Å². The summed E-state index contributed by atoms with van der Waals surface area (Å²) in [7, 11) is -2.26. The van der Waals surface area contributed by atoms with Crippen molar-refractivity contribution in [2.45, 2.75) is 57.0 Å². The van der Waals surface area contributed by atoms with Crippen LogP contribution < -0.4 is 10.6 Å². The molecule has 0 atom stereocenters. The predicted molar refractivity (Wildman–Crippen MR) is 130 cm³/mol.